The maximum atomic E-state index is 13.6. The molecule has 0 radical (unpaired) electrons. The van der Waals surface area contributed by atoms with E-state index >= 15 is 0 Å². The monoisotopic (exact) mass is 276 g/mol. The molecule has 108 valence electrons. The lowest BCUT2D eigenvalue weighted by Crippen LogP contribution is -2.58. The Kier molecular flexibility index (Phi) is 2.90. The molecule has 4 fully saturated rings. The highest BCUT2D eigenvalue weighted by Crippen LogP contribution is 2.55. The van der Waals surface area contributed by atoms with Gasteiger partial charge in [0.25, 0.3) is 0 Å². The molecular formula is C17H21FO2. The molecule has 1 aromatic rings. The van der Waals surface area contributed by atoms with Crippen LogP contribution in [0.3, 0.4) is 0 Å². The maximum absolute atomic E-state index is 13.6. The topological polar surface area (TPSA) is 18.5 Å². The number of hydrogen-bond donors (Lipinski definition) is 0. The van der Waals surface area contributed by atoms with E-state index in [1.165, 1.54) is 18.9 Å². The second-order valence-electron chi connectivity index (χ2n) is 6.80. The van der Waals surface area contributed by atoms with Crippen molar-refractivity contribution in [2.45, 2.75) is 57.0 Å². The van der Waals surface area contributed by atoms with Crippen LogP contribution in [-0.4, -0.2) is 17.8 Å². The predicted octanol–water partition coefficient (Wildman–Crippen LogP) is 3.69. The van der Waals surface area contributed by atoms with Gasteiger partial charge in [-0.3, -0.25) is 0 Å². The molecule has 2 aliphatic carbocycles. The highest BCUT2D eigenvalue weighted by molar-refractivity contribution is 5.16. The van der Waals surface area contributed by atoms with Crippen LogP contribution < -0.4 is 0 Å². The van der Waals surface area contributed by atoms with Crippen LogP contribution in [0, 0.1) is 17.7 Å². The van der Waals surface area contributed by atoms with Gasteiger partial charge in [0, 0.05) is 5.56 Å². The van der Waals surface area contributed by atoms with Gasteiger partial charge in [-0.25, -0.2) is 4.39 Å². The number of benzene rings is 1. The van der Waals surface area contributed by atoms with Gasteiger partial charge in [-0.15, -0.1) is 0 Å². The fourth-order valence-electron chi connectivity index (χ4n) is 4.52. The van der Waals surface area contributed by atoms with E-state index in [1.54, 1.807) is 12.1 Å². The summed E-state index contributed by atoms with van der Waals surface area (Å²) in [5.74, 6) is 1.31. The molecular weight excluding hydrogens is 255 g/mol. The van der Waals surface area contributed by atoms with Gasteiger partial charge in [0.05, 0.1) is 24.4 Å². The normalized spacial score (nSPS) is 42.1. The van der Waals surface area contributed by atoms with E-state index in [9.17, 15) is 4.39 Å². The molecule has 2 saturated carbocycles. The average molecular weight is 276 g/mol. The van der Waals surface area contributed by atoms with E-state index in [1.807, 2.05) is 6.07 Å². The van der Waals surface area contributed by atoms with Gasteiger partial charge < -0.3 is 9.47 Å². The number of halogens is 1. The molecule has 0 unspecified atom stereocenters. The van der Waals surface area contributed by atoms with Gasteiger partial charge in [-0.1, -0.05) is 18.2 Å². The van der Waals surface area contributed by atoms with Crippen molar-refractivity contribution in [3.63, 3.8) is 0 Å². The molecule has 20 heavy (non-hydrogen) atoms. The minimum atomic E-state index is -0.181. The second-order valence-corrected chi connectivity index (χ2v) is 6.80. The van der Waals surface area contributed by atoms with E-state index in [0.29, 0.717) is 24.2 Å². The van der Waals surface area contributed by atoms with Gasteiger partial charge in [-0.2, -0.15) is 0 Å². The van der Waals surface area contributed by atoms with Crippen molar-refractivity contribution < 1.29 is 13.9 Å². The standard InChI is InChI=1S/C17H21FO2/c1-17-9-11-6-7-15(20-17)13(11)8-16(17)19-10-12-4-2-3-5-14(12)18/h2-5,11,13,15-16H,6-10H2,1H3/t11-,13-,15-,16-,17-/m0/s1. The summed E-state index contributed by atoms with van der Waals surface area (Å²) in [6.07, 6.45) is 5.27. The number of hydrogen-bond acceptors (Lipinski definition) is 2. The Morgan fingerprint density at radius 3 is 2.95 bits per heavy atom. The third-order valence-electron chi connectivity index (χ3n) is 5.56. The molecule has 2 saturated heterocycles. The number of fused-ring (bicyclic) bond motifs is 1. The third kappa shape index (κ3) is 1.91. The largest absolute Gasteiger partial charge is 0.370 e. The quantitative estimate of drug-likeness (QED) is 0.838. The van der Waals surface area contributed by atoms with Crippen LogP contribution in [0.15, 0.2) is 24.3 Å². The lowest BCUT2D eigenvalue weighted by atomic mass is 9.68. The Morgan fingerprint density at radius 1 is 1.35 bits per heavy atom. The SMILES string of the molecule is C[C@@]12C[C@@H]3CC[C@H](O1)[C@H]3C[C@@H]2OCc1ccccc1F. The summed E-state index contributed by atoms with van der Waals surface area (Å²) in [6, 6.07) is 6.85. The Morgan fingerprint density at radius 2 is 2.20 bits per heavy atom. The van der Waals surface area contributed by atoms with Crippen LogP contribution >= 0.6 is 0 Å². The first kappa shape index (κ1) is 12.8. The highest BCUT2D eigenvalue weighted by atomic mass is 19.1. The Bertz CT molecular complexity index is 501. The summed E-state index contributed by atoms with van der Waals surface area (Å²) in [7, 11) is 0. The molecule has 2 heterocycles. The molecule has 0 aromatic heterocycles. The molecule has 2 aliphatic heterocycles. The minimum absolute atomic E-state index is 0.109. The van der Waals surface area contributed by atoms with Crippen LogP contribution in [0.2, 0.25) is 0 Å². The molecule has 4 bridgehead atoms. The summed E-state index contributed by atoms with van der Waals surface area (Å²) in [6.45, 7) is 2.53. The van der Waals surface area contributed by atoms with Crippen LogP contribution in [0.1, 0.15) is 38.2 Å². The number of ether oxygens (including phenoxy) is 2. The van der Waals surface area contributed by atoms with Gasteiger partial charge in [0.2, 0.25) is 0 Å². The highest BCUT2D eigenvalue weighted by Gasteiger charge is 2.57. The molecule has 2 nitrogen and oxygen atoms in total. The molecule has 5 atom stereocenters. The van der Waals surface area contributed by atoms with E-state index < -0.39 is 0 Å². The van der Waals surface area contributed by atoms with Gasteiger partial charge in [0.15, 0.2) is 0 Å². The second kappa shape index (κ2) is 4.54. The lowest BCUT2D eigenvalue weighted by molar-refractivity contribution is -0.251. The van der Waals surface area contributed by atoms with Gasteiger partial charge in [0.1, 0.15) is 5.82 Å². The lowest BCUT2D eigenvalue weighted by Gasteiger charge is -2.53. The molecule has 0 spiro atoms. The zero-order valence-electron chi connectivity index (χ0n) is 11.8. The Labute approximate surface area is 119 Å². The smallest absolute Gasteiger partial charge is 0.128 e. The summed E-state index contributed by atoms with van der Waals surface area (Å²) < 4.78 is 26.0. The summed E-state index contributed by atoms with van der Waals surface area (Å²) >= 11 is 0. The maximum Gasteiger partial charge on any atom is 0.128 e. The summed E-state index contributed by atoms with van der Waals surface area (Å²) in [5, 5.41) is 0. The first-order chi connectivity index (χ1) is 9.66. The molecule has 0 amide bonds. The average Bonchev–Trinajstić information content (AvgIpc) is 2.71. The van der Waals surface area contributed by atoms with Gasteiger partial charge >= 0.3 is 0 Å². The van der Waals surface area contributed by atoms with Crippen molar-refractivity contribution in [1.29, 1.82) is 0 Å². The summed E-state index contributed by atoms with van der Waals surface area (Å²) in [5.41, 5.74) is 0.478. The van der Waals surface area contributed by atoms with Crippen molar-refractivity contribution in [2.24, 2.45) is 11.8 Å². The van der Waals surface area contributed by atoms with Crippen molar-refractivity contribution in [2.75, 3.05) is 0 Å². The molecule has 4 aliphatic rings. The molecule has 5 rings (SSSR count). The third-order valence-corrected chi connectivity index (χ3v) is 5.56. The van der Waals surface area contributed by atoms with Crippen LogP contribution in [0.25, 0.3) is 0 Å². The minimum Gasteiger partial charge on any atom is -0.370 e. The van der Waals surface area contributed by atoms with Crippen molar-refractivity contribution in [3.8, 4) is 0 Å². The van der Waals surface area contributed by atoms with E-state index in [4.69, 9.17) is 9.47 Å². The Balaban J connectivity index is 1.47. The van der Waals surface area contributed by atoms with Crippen molar-refractivity contribution in [3.05, 3.63) is 35.6 Å². The molecule has 0 N–H and O–H groups in total. The van der Waals surface area contributed by atoms with E-state index in [-0.39, 0.29) is 17.5 Å². The van der Waals surface area contributed by atoms with Crippen LogP contribution in [0.4, 0.5) is 4.39 Å². The molecule has 3 heteroatoms. The summed E-state index contributed by atoms with van der Waals surface area (Å²) in [4.78, 5) is 0. The number of rotatable bonds is 3. The predicted molar refractivity (Wildman–Crippen MR) is 73.7 cm³/mol. The van der Waals surface area contributed by atoms with E-state index in [0.717, 1.165) is 18.8 Å². The van der Waals surface area contributed by atoms with Crippen molar-refractivity contribution in [1.82, 2.24) is 0 Å². The van der Waals surface area contributed by atoms with Crippen molar-refractivity contribution >= 4 is 0 Å². The fourth-order valence-corrected chi connectivity index (χ4v) is 4.52. The Hall–Kier alpha value is -0.930. The zero-order chi connectivity index (χ0) is 13.7. The zero-order valence-corrected chi connectivity index (χ0v) is 11.8. The first-order valence-electron chi connectivity index (χ1n) is 7.68. The first-order valence-corrected chi connectivity index (χ1v) is 7.68. The molecule has 1 aromatic carbocycles. The van der Waals surface area contributed by atoms with E-state index in [2.05, 4.69) is 6.92 Å². The fraction of sp³-hybridized carbons (Fsp3) is 0.647. The van der Waals surface area contributed by atoms with Gasteiger partial charge in [-0.05, 0) is 50.5 Å². The van der Waals surface area contributed by atoms with Crippen LogP contribution in [0.5, 0.6) is 0 Å². The van der Waals surface area contributed by atoms with Crippen LogP contribution in [-0.2, 0) is 16.1 Å².